The smallest absolute Gasteiger partial charge is 0.256 e. The number of carbonyl (C=O) groups excluding carboxylic acids is 1. The van der Waals surface area contributed by atoms with E-state index in [4.69, 9.17) is 0 Å². The van der Waals surface area contributed by atoms with Gasteiger partial charge in [0.15, 0.2) is 0 Å². The molecular weight excluding hydrogens is 464 g/mol. The van der Waals surface area contributed by atoms with Gasteiger partial charge in [0.2, 0.25) is 10.0 Å². The van der Waals surface area contributed by atoms with Gasteiger partial charge in [-0.1, -0.05) is 0 Å². The minimum Gasteiger partial charge on any atom is -0.393 e. The Balaban J connectivity index is 1.44. The number of fused-ring (bicyclic) bond motifs is 2. The van der Waals surface area contributed by atoms with Gasteiger partial charge in [0.25, 0.3) is 5.91 Å². The topological polar surface area (TPSA) is 115 Å². The molecule has 5 rings (SSSR count). The van der Waals surface area contributed by atoms with E-state index in [9.17, 15) is 18.3 Å². The SMILES string of the molecule is CNS(=O)(=O)c1ccc2c(c1)/C(=C\c1[nH]c3c(c1CCCN1CCC(O)CC1)CCCC3)C(=O)N2. The van der Waals surface area contributed by atoms with Crippen molar-refractivity contribution < 1.29 is 18.3 Å². The number of aliphatic hydroxyl groups is 1. The first kappa shape index (κ1) is 24.2. The maximum absolute atomic E-state index is 12.9. The monoisotopic (exact) mass is 498 g/mol. The van der Waals surface area contributed by atoms with Crippen LogP contribution in [0.15, 0.2) is 23.1 Å². The average molecular weight is 499 g/mol. The molecule has 0 atom stereocenters. The second kappa shape index (κ2) is 9.89. The number of H-pyrrole nitrogens is 1. The molecule has 0 unspecified atom stereocenters. The molecule has 188 valence electrons. The van der Waals surface area contributed by atoms with Crippen LogP contribution in [0.2, 0.25) is 0 Å². The van der Waals surface area contributed by atoms with Gasteiger partial charge < -0.3 is 20.3 Å². The van der Waals surface area contributed by atoms with Crippen molar-refractivity contribution in [2.45, 2.75) is 62.4 Å². The van der Waals surface area contributed by atoms with Crippen molar-refractivity contribution in [1.82, 2.24) is 14.6 Å². The molecule has 2 aromatic rings. The molecule has 35 heavy (non-hydrogen) atoms. The molecular formula is C26H34N4O4S. The van der Waals surface area contributed by atoms with Crippen LogP contribution in [0.5, 0.6) is 0 Å². The van der Waals surface area contributed by atoms with Crippen LogP contribution in [0.3, 0.4) is 0 Å². The van der Waals surface area contributed by atoms with E-state index >= 15 is 0 Å². The van der Waals surface area contributed by atoms with Gasteiger partial charge in [0.1, 0.15) is 0 Å². The van der Waals surface area contributed by atoms with E-state index in [1.807, 2.05) is 6.08 Å². The second-order valence-electron chi connectivity index (χ2n) is 9.78. The van der Waals surface area contributed by atoms with Gasteiger partial charge in [-0.3, -0.25) is 4.79 Å². The van der Waals surface area contributed by atoms with Gasteiger partial charge in [-0.05, 0) is 100 Å². The van der Waals surface area contributed by atoms with Gasteiger partial charge in [-0.25, -0.2) is 13.1 Å². The Hall–Kier alpha value is -2.46. The number of piperidine rings is 1. The number of hydrogen-bond donors (Lipinski definition) is 4. The summed E-state index contributed by atoms with van der Waals surface area (Å²) in [5.74, 6) is -0.218. The van der Waals surface area contributed by atoms with E-state index in [1.54, 1.807) is 12.1 Å². The van der Waals surface area contributed by atoms with Crippen molar-refractivity contribution >= 4 is 33.3 Å². The number of benzene rings is 1. The minimum absolute atomic E-state index is 0.138. The van der Waals surface area contributed by atoms with Crippen molar-refractivity contribution in [1.29, 1.82) is 0 Å². The van der Waals surface area contributed by atoms with Crippen molar-refractivity contribution in [2.24, 2.45) is 0 Å². The lowest BCUT2D eigenvalue weighted by Gasteiger charge is -2.29. The summed E-state index contributed by atoms with van der Waals surface area (Å²) in [5.41, 5.74) is 6.62. The van der Waals surface area contributed by atoms with Crippen LogP contribution in [0.1, 0.15) is 60.2 Å². The number of aromatic nitrogens is 1. The first-order valence-electron chi connectivity index (χ1n) is 12.6. The fourth-order valence-corrected chi connectivity index (χ4v) is 6.30. The highest BCUT2D eigenvalue weighted by atomic mass is 32.2. The number of carbonyl (C=O) groups is 1. The number of amides is 1. The van der Waals surface area contributed by atoms with Crippen LogP contribution in [0, 0.1) is 0 Å². The van der Waals surface area contributed by atoms with E-state index in [0.717, 1.165) is 70.3 Å². The summed E-state index contributed by atoms with van der Waals surface area (Å²) in [6.45, 7) is 2.88. The van der Waals surface area contributed by atoms with Crippen LogP contribution in [-0.4, -0.2) is 62.1 Å². The Bertz CT molecular complexity index is 1260. The van der Waals surface area contributed by atoms with Gasteiger partial charge in [-0.2, -0.15) is 0 Å². The number of likely N-dealkylation sites (tertiary alicyclic amines) is 1. The highest BCUT2D eigenvalue weighted by molar-refractivity contribution is 7.89. The largest absolute Gasteiger partial charge is 0.393 e. The molecule has 0 radical (unpaired) electrons. The number of aliphatic hydroxyl groups excluding tert-OH is 1. The first-order chi connectivity index (χ1) is 16.9. The normalized spacial score (nSPS) is 20.2. The molecule has 1 aromatic heterocycles. The third kappa shape index (κ3) is 4.95. The Morgan fingerprint density at radius 2 is 1.97 bits per heavy atom. The van der Waals surface area contributed by atoms with E-state index < -0.39 is 10.0 Å². The van der Waals surface area contributed by atoms with Crippen molar-refractivity contribution in [3.63, 3.8) is 0 Å². The second-order valence-corrected chi connectivity index (χ2v) is 11.7. The number of sulfonamides is 1. The standard InChI is InChI=1S/C26H34N4O4S/c1-27-35(33,34)18-8-9-24-21(15-18)22(26(32)29-24)16-25-20(19-5-2-3-7-23(19)28-25)6-4-12-30-13-10-17(31)11-14-30/h8-9,15-17,27-28,31H,2-7,10-14H2,1H3,(H,29,32)/b22-16+. The van der Waals surface area contributed by atoms with Gasteiger partial charge in [0.05, 0.1) is 16.6 Å². The Morgan fingerprint density at radius 3 is 2.74 bits per heavy atom. The zero-order valence-electron chi connectivity index (χ0n) is 20.2. The molecule has 0 saturated carbocycles. The highest BCUT2D eigenvalue weighted by Gasteiger charge is 2.28. The van der Waals surface area contributed by atoms with E-state index in [-0.39, 0.29) is 16.9 Å². The molecule has 1 saturated heterocycles. The maximum Gasteiger partial charge on any atom is 0.256 e. The third-order valence-electron chi connectivity index (χ3n) is 7.54. The van der Waals surface area contributed by atoms with Crippen LogP contribution in [0.25, 0.3) is 11.6 Å². The summed E-state index contributed by atoms with van der Waals surface area (Å²) in [6.07, 6.45) is 9.77. The Morgan fingerprint density at radius 1 is 1.20 bits per heavy atom. The molecule has 0 bridgehead atoms. The molecule has 1 aromatic carbocycles. The third-order valence-corrected chi connectivity index (χ3v) is 8.95. The molecule has 4 N–H and O–H groups in total. The first-order valence-corrected chi connectivity index (χ1v) is 14.1. The molecule has 3 aliphatic rings. The lowest BCUT2D eigenvalue weighted by atomic mass is 9.92. The number of nitrogens with zero attached hydrogens (tertiary/aromatic N) is 1. The molecule has 2 aliphatic heterocycles. The van der Waals surface area contributed by atoms with Crippen molar-refractivity contribution in [3.05, 3.63) is 46.3 Å². The quantitative estimate of drug-likeness (QED) is 0.438. The number of aromatic amines is 1. The Labute approximate surface area is 206 Å². The molecule has 1 aliphatic carbocycles. The molecule has 0 spiro atoms. The van der Waals surface area contributed by atoms with Gasteiger partial charge in [0, 0.05) is 35.7 Å². The maximum atomic E-state index is 12.9. The lowest BCUT2D eigenvalue weighted by molar-refractivity contribution is -0.110. The van der Waals surface area contributed by atoms with E-state index in [1.165, 1.54) is 36.4 Å². The summed E-state index contributed by atoms with van der Waals surface area (Å²) in [6, 6.07) is 4.72. The number of anilines is 1. The lowest BCUT2D eigenvalue weighted by Crippen LogP contribution is -2.36. The fourth-order valence-electron chi connectivity index (χ4n) is 5.55. The van der Waals surface area contributed by atoms with Crippen LogP contribution in [0.4, 0.5) is 5.69 Å². The van der Waals surface area contributed by atoms with Crippen LogP contribution in [-0.2, 0) is 34.1 Å². The summed E-state index contributed by atoms with van der Waals surface area (Å²) >= 11 is 0. The predicted molar refractivity (Wildman–Crippen MR) is 137 cm³/mol. The summed E-state index contributed by atoms with van der Waals surface area (Å²) in [5, 5.41) is 12.6. The number of hydrogen-bond acceptors (Lipinski definition) is 5. The molecule has 1 amide bonds. The van der Waals surface area contributed by atoms with Crippen LogP contribution >= 0.6 is 0 Å². The molecule has 1 fully saturated rings. The summed E-state index contributed by atoms with van der Waals surface area (Å²) in [7, 11) is -2.24. The average Bonchev–Trinajstić information content (AvgIpc) is 3.37. The van der Waals surface area contributed by atoms with Gasteiger partial charge in [-0.15, -0.1) is 0 Å². The molecule has 3 heterocycles. The van der Waals surface area contributed by atoms with Crippen molar-refractivity contribution in [2.75, 3.05) is 32.0 Å². The number of rotatable bonds is 7. The highest BCUT2D eigenvalue weighted by Crippen LogP contribution is 2.37. The molecule has 9 heteroatoms. The van der Waals surface area contributed by atoms with E-state index in [2.05, 4.69) is 19.9 Å². The number of aryl methyl sites for hydroxylation is 1. The Kier molecular flexibility index (Phi) is 6.85. The summed E-state index contributed by atoms with van der Waals surface area (Å²) in [4.78, 5) is 19.0. The summed E-state index contributed by atoms with van der Waals surface area (Å²) < 4.78 is 27.0. The van der Waals surface area contributed by atoms with E-state index in [0.29, 0.717) is 16.8 Å². The van der Waals surface area contributed by atoms with Crippen molar-refractivity contribution in [3.8, 4) is 0 Å². The molecule has 8 nitrogen and oxygen atoms in total. The minimum atomic E-state index is -3.61. The van der Waals surface area contributed by atoms with Crippen LogP contribution < -0.4 is 10.0 Å². The number of nitrogens with one attached hydrogen (secondary N) is 3. The van der Waals surface area contributed by atoms with Gasteiger partial charge >= 0.3 is 0 Å². The zero-order valence-corrected chi connectivity index (χ0v) is 21.0. The zero-order chi connectivity index (χ0) is 24.6. The predicted octanol–water partition coefficient (Wildman–Crippen LogP) is 2.68. The fraction of sp³-hybridized carbons (Fsp3) is 0.500.